The standard InChI is InChI=1S/C24H25N3O4/c1-2-19-8-14-23(15-9-19)30-16-5-17-31-24-7-4-3-6-20(24)18-25-26-21-10-12-22(13-11-21)27(28)29/h3-4,6-15,18,26H,2,5,16-17H2,1H3. The Labute approximate surface area is 181 Å². The maximum absolute atomic E-state index is 10.7. The summed E-state index contributed by atoms with van der Waals surface area (Å²) < 4.78 is 11.6. The molecule has 0 atom stereocenters. The van der Waals surface area contributed by atoms with Crippen LogP contribution in [0.15, 0.2) is 77.9 Å². The summed E-state index contributed by atoms with van der Waals surface area (Å²) in [6, 6.07) is 21.8. The van der Waals surface area contributed by atoms with Gasteiger partial charge in [0, 0.05) is 24.1 Å². The van der Waals surface area contributed by atoms with Gasteiger partial charge in [-0.25, -0.2) is 0 Å². The highest BCUT2D eigenvalue weighted by molar-refractivity contribution is 5.84. The number of hydrogen-bond donors (Lipinski definition) is 1. The van der Waals surface area contributed by atoms with E-state index < -0.39 is 4.92 Å². The van der Waals surface area contributed by atoms with Crippen molar-refractivity contribution in [3.05, 3.63) is 94.0 Å². The zero-order valence-electron chi connectivity index (χ0n) is 17.4. The molecule has 0 aliphatic heterocycles. The molecule has 0 aliphatic rings. The highest BCUT2D eigenvalue weighted by Crippen LogP contribution is 2.18. The topological polar surface area (TPSA) is 86.0 Å². The lowest BCUT2D eigenvalue weighted by atomic mass is 10.2. The van der Waals surface area contributed by atoms with Crippen molar-refractivity contribution in [2.75, 3.05) is 18.6 Å². The molecular formula is C24H25N3O4. The predicted molar refractivity (Wildman–Crippen MR) is 122 cm³/mol. The Morgan fingerprint density at radius 3 is 2.39 bits per heavy atom. The number of hydrogen-bond acceptors (Lipinski definition) is 6. The Hall–Kier alpha value is -3.87. The first-order valence-electron chi connectivity index (χ1n) is 10.1. The fraction of sp³-hybridized carbons (Fsp3) is 0.208. The summed E-state index contributed by atoms with van der Waals surface area (Å²) in [6.45, 7) is 3.22. The number of para-hydroxylation sites is 1. The smallest absolute Gasteiger partial charge is 0.269 e. The first-order valence-corrected chi connectivity index (χ1v) is 10.1. The van der Waals surface area contributed by atoms with E-state index in [0.717, 1.165) is 29.9 Å². The summed E-state index contributed by atoms with van der Waals surface area (Å²) in [4.78, 5) is 10.3. The van der Waals surface area contributed by atoms with Crippen molar-refractivity contribution in [2.24, 2.45) is 5.10 Å². The van der Waals surface area contributed by atoms with Crippen LogP contribution in [0.4, 0.5) is 11.4 Å². The van der Waals surface area contributed by atoms with E-state index in [4.69, 9.17) is 9.47 Å². The van der Waals surface area contributed by atoms with Crippen LogP contribution in [-0.4, -0.2) is 24.4 Å². The van der Waals surface area contributed by atoms with Crippen LogP contribution in [-0.2, 0) is 6.42 Å². The van der Waals surface area contributed by atoms with Gasteiger partial charge in [0.2, 0.25) is 0 Å². The van der Waals surface area contributed by atoms with Crippen LogP contribution in [0.5, 0.6) is 11.5 Å². The number of ether oxygens (including phenoxy) is 2. The van der Waals surface area contributed by atoms with Crippen molar-refractivity contribution in [3.63, 3.8) is 0 Å². The average Bonchev–Trinajstić information content (AvgIpc) is 2.80. The highest BCUT2D eigenvalue weighted by Gasteiger charge is 2.04. The minimum Gasteiger partial charge on any atom is -0.493 e. The van der Waals surface area contributed by atoms with Gasteiger partial charge in [-0.15, -0.1) is 0 Å². The summed E-state index contributed by atoms with van der Waals surface area (Å²) in [5.74, 6) is 1.59. The third-order valence-electron chi connectivity index (χ3n) is 4.54. The minimum atomic E-state index is -0.437. The SMILES string of the molecule is CCc1ccc(OCCCOc2ccccc2C=NNc2ccc([N+](=O)[O-])cc2)cc1. The molecule has 0 aliphatic carbocycles. The molecule has 3 aromatic rings. The van der Waals surface area contributed by atoms with E-state index in [1.807, 2.05) is 36.4 Å². The lowest BCUT2D eigenvalue weighted by Crippen LogP contribution is -2.06. The van der Waals surface area contributed by atoms with Gasteiger partial charge >= 0.3 is 0 Å². The molecule has 0 heterocycles. The molecule has 0 aromatic heterocycles. The van der Waals surface area contributed by atoms with Crippen LogP contribution in [0.1, 0.15) is 24.5 Å². The maximum atomic E-state index is 10.7. The summed E-state index contributed by atoms with van der Waals surface area (Å²) in [5.41, 5.74) is 5.67. The van der Waals surface area contributed by atoms with Gasteiger partial charge in [-0.2, -0.15) is 5.10 Å². The van der Waals surface area contributed by atoms with Gasteiger partial charge in [-0.3, -0.25) is 15.5 Å². The van der Waals surface area contributed by atoms with Crippen LogP contribution in [0.25, 0.3) is 0 Å². The summed E-state index contributed by atoms with van der Waals surface area (Å²) in [5, 5.41) is 14.9. The van der Waals surface area contributed by atoms with E-state index in [1.165, 1.54) is 17.7 Å². The van der Waals surface area contributed by atoms with E-state index in [-0.39, 0.29) is 5.69 Å². The molecule has 0 fully saturated rings. The number of benzene rings is 3. The fourth-order valence-corrected chi connectivity index (χ4v) is 2.81. The molecule has 1 N–H and O–H groups in total. The first-order chi connectivity index (χ1) is 15.2. The number of nitrogens with zero attached hydrogens (tertiary/aromatic N) is 2. The van der Waals surface area contributed by atoms with Crippen LogP contribution < -0.4 is 14.9 Å². The van der Waals surface area contributed by atoms with Crippen LogP contribution in [0.2, 0.25) is 0 Å². The molecule has 0 spiro atoms. The van der Waals surface area contributed by atoms with Gasteiger partial charge in [0.05, 0.1) is 30.0 Å². The van der Waals surface area contributed by atoms with Crippen molar-refractivity contribution in [1.29, 1.82) is 0 Å². The lowest BCUT2D eigenvalue weighted by Gasteiger charge is -2.10. The van der Waals surface area contributed by atoms with Crippen LogP contribution in [0, 0.1) is 10.1 Å². The normalized spacial score (nSPS) is 10.7. The average molecular weight is 419 g/mol. The molecule has 0 saturated heterocycles. The minimum absolute atomic E-state index is 0.0372. The molecule has 0 unspecified atom stereocenters. The molecule has 31 heavy (non-hydrogen) atoms. The third-order valence-corrected chi connectivity index (χ3v) is 4.54. The number of nitrogens with one attached hydrogen (secondary N) is 1. The van der Waals surface area contributed by atoms with Gasteiger partial charge in [0.25, 0.3) is 5.69 Å². The number of nitro benzene ring substituents is 1. The van der Waals surface area contributed by atoms with Gasteiger partial charge in [0.15, 0.2) is 0 Å². The molecule has 3 rings (SSSR count). The summed E-state index contributed by atoms with van der Waals surface area (Å²) in [6.07, 6.45) is 3.42. The van der Waals surface area contributed by atoms with Crippen molar-refractivity contribution < 1.29 is 14.4 Å². The van der Waals surface area contributed by atoms with E-state index in [0.29, 0.717) is 18.9 Å². The molecule has 3 aromatic carbocycles. The second kappa shape index (κ2) is 11.3. The van der Waals surface area contributed by atoms with E-state index in [9.17, 15) is 10.1 Å². The van der Waals surface area contributed by atoms with Gasteiger partial charge in [0.1, 0.15) is 11.5 Å². The molecule has 0 amide bonds. The number of rotatable bonds is 11. The maximum Gasteiger partial charge on any atom is 0.269 e. The quantitative estimate of drug-likeness (QED) is 0.193. The van der Waals surface area contributed by atoms with Gasteiger partial charge in [-0.1, -0.05) is 31.2 Å². The van der Waals surface area contributed by atoms with Gasteiger partial charge in [-0.05, 0) is 48.4 Å². The molecule has 0 bridgehead atoms. The first kappa shape index (κ1) is 21.8. The summed E-state index contributed by atoms with van der Waals surface area (Å²) >= 11 is 0. The Kier molecular flexibility index (Phi) is 7.99. The van der Waals surface area contributed by atoms with Crippen LogP contribution >= 0.6 is 0 Å². The van der Waals surface area contributed by atoms with Crippen LogP contribution in [0.3, 0.4) is 0 Å². The Bertz CT molecular complexity index is 1000. The number of hydrazone groups is 1. The number of anilines is 1. The van der Waals surface area contributed by atoms with Crippen molar-refractivity contribution in [3.8, 4) is 11.5 Å². The highest BCUT2D eigenvalue weighted by atomic mass is 16.6. The molecule has 0 radical (unpaired) electrons. The Morgan fingerprint density at radius 2 is 1.68 bits per heavy atom. The predicted octanol–water partition coefficient (Wildman–Crippen LogP) is 5.45. The Morgan fingerprint density at radius 1 is 0.968 bits per heavy atom. The molecular weight excluding hydrogens is 394 g/mol. The molecule has 160 valence electrons. The number of nitro groups is 1. The summed E-state index contributed by atoms with van der Waals surface area (Å²) in [7, 11) is 0. The van der Waals surface area contributed by atoms with Gasteiger partial charge < -0.3 is 9.47 Å². The molecule has 0 saturated carbocycles. The van der Waals surface area contributed by atoms with Crippen molar-refractivity contribution >= 4 is 17.6 Å². The monoisotopic (exact) mass is 419 g/mol. The molecule has 7 nitrogen and oxygen atoms in total. The largest absolute Gasteiger partial charge is 0.493 e. The zero-order valence-corrected chi connectivity index (χ0v) is 17.4. The second-order valence-electron chi connectivity index (χ2n) is 6.76. The van der Waals surface area contributed by atoms with E-state index in [1.54, 1.807) is 18.3 Å². The molecule has 7 heteroatoms. The van der Waals surface area contributed by atoms with Crippen molar-refractivity contribution in [2.45, 2.75) is 19.8 Å². The number of non-ortho nitro benzene ring substituents is 1. The second-order valence-corrected chi connectivity index (χ2v) is 6.76. The third kappa shape index (κ3) is 6.85. The zero-order chi connectivity index (χ0) is 21.9. The Balaban J connectivity index is 1.45. The number of aryl methyl sites for hydroxylation is 1. The van der Waals surface area contributed by atoms with E-state index >= 15 is 0 Å². The lowest BCUT2D eigenvalue weighted by molar-refractivity contribution is -0.384. The van der Waals surface area contributed by atoms with E-state index in [2.05, 4.69) is 29.6 Å². The fourth-order valence-electron chi connectivity index (χ4n) is 2.81. The van der Waals surface area contributed by atoms with Crippen molar-refractivity contribution in [1.82, 2.24) is 0 Å².